The quantitative estimate of drug-likeness (QED) is 0.574. The predicted molar refractivity (Wildman–Crippen MR) is 67.9 cm³/mol. The van der Waals surface area contributed by atoms with Gasteiger partial charge >= 0.3 is 0 Å². The molecule has 7 nitrogen and oxygen atoms in total. The Balaban J connectivity index is 3.11. The first-order valence-corrected chi connectivity index (χ1v) is 5.61. The van der Waals surface area contributed by atoms with E-state index in [-0.39, 0.29) is 11.4 Å². The highest BCUT2D eigenvalue weighted by atomic mass is 16.6. The second-order valence-electron chi connectivity index (χ2n) is 3.96. The lowest BCUT2D eigenvalue weighted by Crippen LogP contribution is -2.19. The topological polar surface area (TPSA) is 89.5 Å². The van der Waals surface area contributed by atoms with Crippen LogP contribution in [0.1, 0.15) is 19.8 Å². The van der Waals surface area contributed by atoms with Crippen LogP contribution in [0, 0.1) is 20.2 Å². The van der Waals surface area contributed by atoms with E-state index < -0.39 is 9.85 Å². The van der Waals surface area contributed by atoms with E-state index in [1.54, 1.807) is 11.9 Å². The summed E-state index contributed by atoms with van der Waals surface area (Å²) in [4.78, 5) is 22.0. The molecule has 98 valence electrons. The smallest absolute Gasteiger partial charge is 0.299 e. The second kappa shape index (κ2) is 5.95. The number of nitro benzene ring substituents is 2. The summed E-state index contributed by atoms with van der Waals surface area (Å²) < 4.78 is 0. The van der Waals surface area contributed by atoms with Crippen molar-refractivity contribution in [3.05, 3.63) is 38.4 Å². The lowest BCUT2D eigenvalue weighted by Gasteiger charge is -2.18. The van der Waals surface area contributed by atoms with Crippen molar-refractivity contribution < 1.29 is 9.85 Å². The Bertz CT molecular complexity index is 462. The van der Waals surface area contributed by atoms with Crippen LogP contribution in [0.25, 0.3) is 0 Å². The number of nitrogens with zero attached hydrogens (tertiary/aromatic N) is 3. The standard InChI is InChI=1S/C11H15N3O4/c1-3-4-7-12(2)10-6-5-9(13(15)16)8-11(10)14(17)18/h5-6,8H,3-4,7H2,1-2H3. The van der Waals surface area contributed by atoms with Crippen LogP contribution in [-0.4, -0.2) is 23.4 Å². The van der Waals surface area contributed by atoms with Crippen LogP contribution in [0.2, 0.25) is 0 Å². The van der Waals surface area contributed by atoms with Crippen LogP contribution < -0.4 is 4.90 Å². The van der Waals surface area contributed by atoms with E-state index in [0.29, 0.717) is 12.2 Å². The molecule has 0 radical (unpaired) electrons. The van der Waals surface area contributed by atoms with Gasteiger partial charge in [-0.3, -0.25) is 20.2 Å². The molecule has 0 N–H and O–H groups in total. The summed E-state index contributed by atoms with van der Waals surface area (Å²) in [6.45, 7) is 2.70. The molecule has 1 aromatic rings. The molecule has 0 spiro atoms. The van der Waals surface area contributed by atoms with Gasteiger partial charge in [-0.05, 0) is 12.5 Å². The highest BCUT2D eigenvalue weighted by Gasteiger charge is 2.21. The van der Waals surface area contributed by atoms with E-state index in [4.69, 9.17) is 0 Å². The highest BCUT2D eigenvalue weighted by Crippen LogP contribution is 2.31. The summed E-state index contributed by atoms with van der Waals surface area (Å²) in [5, 5.41) is 21.5. The minimum Gasteiger partial charge on any atom is -0.369 e. The Morgan fingerprint density at radius 1 is 1.22 bits per heavy atom. The maximum Gasteiger partial charge on any atom is 0.299 e. The molecule has 1 aromatic carbocycles. The predicted octanol–water partition coefficient (Wildman–Crippen LogP) is 2.74. The summed E-state index contributed by atoms with van der Waals surface area (Å²) in [5.41, 5.74) is -0.101. The number of benzene rings is 1. The Labute approximate surface area is 104 Å². The van der Waals surface area contributed by atoms with Gasteiger partial charge < -0.3 is 4.90 Å². The van der Waals surface area contributed by atoms with Crippen molar-refractivity contribution >= 4 is 17.1 Å². The molecule has 7 heteroatoms. The van der Waals surface area contributed by atoms with Gasteiger partial charge in [0.1, 0.15) is 5.69 Å². The van der Waals surface area contributed by atoms with Crippen LogP contribution in [-0.2, 0) is 0 Å². The molecule has 0 fully saturated rings. The molecule has 0 aliphatic rings. The maximum atomic E-state index is 10.9. The van der Waals surface area contributed by atoms with Crippen LogP contribution in [0.15, 0.2) is 18.2 Å². The zero-order chi connectivity index (χ0) is 13.7. The zero-order valence-electron chi connectivity index (χ0n) is 10.3. The number of nitro groups is 2. The first-order valence-electron chi connectivity index (χ1n) is 5.61. The SMILES string of the molecule is CCCCN(C)c1ccc([N+](=O)[O-])cc1[N+](=O)[O-]. The first kappa shape index (κ1) is 13.9. The fourth-order valence-electron chi connectivity index (χ4n) is 1.61. The number of hydrogen-bond acceptors (Lipinski definition) is 5. The second-order valence-corrected chi connectivity index (χ2v) is 3.96. The summed E-state index contributed by atoms with van der Waals surface area (Å²) in [7, 11) is 1.74. The van der Waals surface area contributed by atoms with Crippen LogP contribution in [0.3, 0.4) is 0 Å². The van der Waals surface area contributed by atoms with Gasteiger partial charge in [-0.2, -0.15) is 0 Å². The van der Waals surface area contributed by atoms with Crippen molar-refractivity contribution in [1.82, 2.24) is 0 Å². The molecule has 0 aromatic heterocycles. The van der Waals surface area contributed by atoms with E-state index in [0.717, 1.165) is 18.9 Å². The summed E-state index contributed by atoms with van der Waals surface area (Å²) in [6, 6.07) is 3.70. The molecule has 18 heavy (non-hydrogen) atoms. The number of hydrogen-bond donors (Lipinski definition) is 0. The third kappa shape index (κ3) is 3.16. The Kier molecular flexibility index (Phi) is 4.59. The van der Waals surface area contributed by atoms with Crippen molar-refractivity contribution in [2.75, 3.05) is 18.5 Å². The highest BCUT2D eigenvalue weighted by molar-refractivity contribution is 5.66. The van der Waals surface area contributed by atoms with Gasteiger partial charge in [0.25, 0.3) is 11.4 Å². The Morgan fingerprint density at radius 3 is 2.39 bits per heavy atom. The Morgan fingerprint density at radius 2 is 1.89 bits per heavy atom. The van der Waals surface area contributed by atoms with E-state index in [1.165, 1.54) is 12.1 Å². The third-order valence-corrected chi connectivity index (χ3v) is 2.62. The van der Waals surface area contributed by atoms with Gasteiger partial charge in [0.15, 0.2) is 0 Å². The molecule has 0 saturated carbocycles. The minimum absolute atomic E-state index is 0.234. The lowest BCUT2D eigenvalue weighted by molar-refractivity contribution is -0.393. The summed E-state index contributed by atoms with van der Waals surface area (Å²) in [5.74, 6) is 0. The van der Waals surface area contributed by atoms with Crippen LogP contribution >= 0.6 is 0 Å². The fourth-order valence-corrected chi connectivity index (χ4v) is 1.61. The van der Waals surface area contributed by atoms with Gasteiger partial charge in [-0.1, -0.05) is 13.3 Å². The lowest BCUT2D eigenvalue weighted by atomic mass is 10.2. The number of unbranched alkanes of at least 4 members (excludes halogenated alkanes) is 1. The molecule has 0 heterocycles. The maximum absolute atomic E-state index is 10.9. The van der Waals surface area contributed by atoms with E-state index in [2.05, 4.69) is 0 Å². The van der Waals surface area contributed by atoms with E-state index in [1.807, 2.05) is 6.92 Å². The van der Waals surface area contributed by atoms with Crippen molar-refractivity contribution in [1.29, 1.82) is 0 Å². The molecule has 0 saturated heterocycles. The number of non-ortho nitro benzene ring substituents is 1. The molecular formula is C11H15N3O4. The summed E-state index contributed by atoms with van der Waals surface area (Å²) in [6.07, 6.45) is 1.88. The van der Waals surface area contributed by atoms with Gasteiger partial charge in [0.2, 0.25) is 0 Å². The average Bonchev–Trinajstić information content (AvgIpc) is 2.34. The average molecular weight is 253 g/mol. The molecule has 0 amide bonds. The van der Waals surface area contributed by atoms with Gasteiger partial charge in [-0.15, -0.1) is 0 Å². The Hall–Kier alpha value is -2.18. The van der Waals surface area contributed by atoms with Crippen molar-refractivity contribution in [3.63, 3.8) is 0 Å². The number of anilines is 1. The van der Waals surface area contributed by atoms with E-state index in [9.17, 15) is 20.2 Å². The van der Waals surface area contributed by atoms with Crippen molar-refractivity contribution in [2.24, 2.45) is 0 Å². The summed E-state index contributed by atoms with van der Waals surface area (Å²) >= 11 is 0. The fraction of sp³-hybridized carbons (Fsp3) is 0.455. The van der Waals surface area contributed by atoms with Crippen LogP contribution in [0.4, 0.5) is 17.1 Å². The van der Waals surface area contributed by atoms with Crippen molar-refractivity contribution in [2.45, 2.75) is 19.8 Å². The largest absolute Gasteiger partial charge is 0.369 e. The van der Waals surface area contributed by atoms with Gasteiger partial charge in [-0.25, -0.2) is 0 Å². The van der Waals surface area contributed by atoms with Gasteiger partial charge in [0.05, 0.1) is 15.9 Å². The third-order valence-electron chi connectivity index (χ3n) is 2.62. The van der Waals surface area contributed by atoms with Crippen LogP contribution in [0.5, 0.6) is 0 Å². The molecular weight excluding hydrogens is 238 g/mol. The number of rotatable bonds is 6. The molecule has 0 aliphatic heterocycles. The zero-order valence-corrected chi connectivity index (χ0v) is 10.3. The first-order chi connectivity index (χ1) is 8.47. The van der Waals surface area contributed by atoms with Gasteiger partial charge in [0, 0.05) is 19.7 Å². The molecule has 1 rings (SSSR count). The molecule has 0 atom stereocenters. The molecule has 0 unspecified atom stereocenters. The monoisotopic (exact) mass is 253 g/mol. The minimum atomic E-state index is -0.636. The normalized spacial score (nSPS) is 10.1. The van der Waals surface area contributed by atoms with Crippen molar-refractivity contribution in [3.8, 4) is 0 Å². The molecule has 0 aliphatic carbocycles. The molecule has 0 bridgehead atoms. The van der Waals surface area contributed by atoms with E-state index >= 15 is 0 Å².